The molecule has 0 bridgehead atoms. The van der Waals surface area contributed by atoms with Crippen LogP contribution < -0.4 is 14.8 Å². The highest BCUT2D eigenvalue weighted by Gasteiger charge is 2.13. The summed E-state index contributed by atoms with van der Waals surface area (Å²) in [7, 11) is 0. The van der Waals surface area contributed by atoms with Crippen molar-refractivity contribution in [1.29, 1.82) is 0 Å². The van der Waals surface area contributed by atoms with Gasteiger partial charge in [-0.15, -0.1) is 0 Å². The molecule has 0 aliphatic heterocycles. The zero-order valence-electron chi connectivity index (χ0n) is 15.6. The van der Waals surface area contributed by atoms with Crippen molar-refractivity contribution in [3.05, 3.63) is 58.4 Å². The van der Waals surface area contributed by atoms with Gasteiger partial charge in [-0.25, -0.2) is 4.39 Å². The van der Waals surface area contributed by atoms with E-state index in [4.69, 9.17) is 26.2 Å². The van der Waals surface area contributed by atoms with Gasteiger partial charge >= 0.3 is 0 Å². The molecule has 6 heteroatoms. The normalized spacial score (nSPS) is 10.8. The zero-order chi connectivity index (χ0) is 19.5. The van der Waals surface area contributed by atoms with Crippen molar-refractivity contribution >= 4 is 11.6 Å². The second kappa shape index (κ2) is 11.8. The number of nitrogens with one attached hydrogen (secondary N) is 1. The maximum atomic E-state index is 13.0. The Hall–Kier alpha value is -1.82. The van der Waals surface area contributed by atoms with Crippen molar-refractivity contribution in [2.75, 3.05) is 19.8 Å². The number of halogens is 2. The van der Waals surface area contributed by atoms with Crippen LogP contribution in [0.4, 0.5) is 4.39 Å². The Balaban J connectivity index is 1.98. The average Bonchev–Trinajstić information content (AvgIpc) is 2.65. The van der Waals surface area contributed by atoms with Crippen LogP contribution in [0.25, 0.3) is 0 Å². The lowest BCUT2D eigenvalue weighted by Crippen LogP contribution is -2.15. The summed E-state index contributed by atoms with van der Waals surface area (Å²) in [5, 5.41) is 12.6. The first kappa shape index (κ1) is 21.5. The van der Waals surface area contributed by atoms with Gasteiger partial charge in [-0.3, -0.25) is 0 Å². The van der Waals surface area contributed by atoms with Gasteiger partial charge in [0.1, 0.15) is 12.4 Å². The van der Waals surface area contributed by atoms with Crippen molar-refractivity contribution in [1.82, 2.24) is 5.32 Å². The van der Waals surface area contributed by atoms with Crippen molar-refractivity contribution < 1.29 is 19.0 Å². The number of rotatable bonds is 12. The van der Waals surface area contributed by atoms with Crippen LogP contribution in [0, 0.1) is 5.82 Å². The van der Waals surface area contributed by atoms with E-state index in [-0.39, 0.29) is 19.0 Å². The minimum absolute atomic E-state index is 0.243. The molecule has 0 spiro atoms. The molecule has 2 rings (SSSR count). The molecular formula is C21H27ClFNO3. The number of hydrogen-bond donors (Lipinski definition) is 2. The van der Waals surface area contributed by atoms with E-state index in [1.165, 1.54) is 12.1 Å². The molecule has 0 amide bonds. The molecule has 0 unspecified atom stereocenters. The Morgan fingerprint density at radius 1 is 1.04 bits per heavy atom. The van der Waals surface area contributed by atoms with E-state index in [1.54, 1.807) is 12.1 Å². The number of benzene rings is 2. The first-order chi connectivity index (χ1) is 13.1. The number of aliphatic hydroxyl groups is 1. The average molecular weight is 396 g/mol. The fraction of sp³-hybridized carbons (Fsp3) is 0.429. The molecule has 2 aromatic rings. The Morgan fingerprint density at radius 3 is 2.52 bits per heavy atom. The second-order valence-corrected chi connectivity index (χ2v) is 6.62. The number of aliphatic hydroxyl groups excluding tert-OH is 1. The van der Waals surface area contributed by atoms with Crippen molar-refractivity contribution in [2.24, 2.45) is 0 Å². The lowest BCUT2D eigenvalue weighted by atomic mass is 10.2. The summed E-state index contributed by atoms with van der Waals surface area (Å²) in [5.74, 6) is 0.818. The van der Waals surface area contributed by atoms with E-state index in [0.717, 1.165) is 36.9 Å². The molecule has 0 saturated carbocycles. The molecule has 0 atom stereocenters. The summed E-state index contributed by atoms with van der Waals surface area (Å²) in [6, 6.07) is 9.95. The van der Waals surface area contributed by atoms with Crippen molar-refractivity contribution in [2.45, 2.75) is 39.3 Å². The van der Waals surface area contributed by atoms with Gasteiger partial charge in [0.2, 0.25) is 0 Å². The predicted molar refractivity (Wildman–Crippen MR) is 106 cm³/mol. The summed E-state index contributed by atoms with van der Waals surface area (Å²) in [5.41, 5.74) is 1.86. The summed E-state index contributed by atoms with van der Waals surface area (Å²) in [6.45, 7) is 4.49. The highest BCUT2D eigenvalue weighted by atomic mass is 35.5. The van der Waals surface area contributed by atoms with Gasteiger partial charge in [0.05, 0.1) is 11.6 Å². The fourth-order valence-electron chi connectivity index (χ4n) is 2.63. The van der Waals surface area contributed by atoms with Crippen LogP contribution in [-0.2, 0) is 13.2 Å². The lowest BCUT2D eigenvalue weighted by Gasteiger charge is -2.16. The zero-order valence-corrected chi connectivity index (χ0v) is 16.4. The standard InChI is InChI=1S/C21H27ClFNO3/c1-2-26-20-13-17(14-24-10-4-3-5-11-25)12-19(22)21(20)27-15-16-6-8-18(23)9-7-16/h6-9,12-13,24-25H,2-5,10-11,14-15H2,1H3. The molecule has 0 radical (unpaired) electrons. The summed E-state index contributed by atoms with van der Waals surface area (Å²) >= 11 is 6.42. The van der Waals surface area contributed by atoms with Crippen molar-refractivity contribution in [3.63, 3.8) is 0 Å². The van der Waals surface area contributed by atoms with E-state index >= 15 is 0 Å². The Kier molecular flexibility index (Phi) is 9.39. The largest absolute Gasteiger partial charge is 0.490 e. The van der Waals surface area contributed by atoms with E-state index in [1.807, 2.05) is 19.1 Å². The van der Waals surface area contributed by atoms with E-state index in [0.29, 0.717) is 29.7 Å². The maximum Gasteiger partial charge on any atom is 0.180 e. The lowest BCUT2D eigenvalue weighted by molar-refractivity contribution is 0.269. The topological polar surface area (TPSA) is 50.7 Å². The molecule has 148 valence electrons. The fourth-order valence-corrected chi connectivity index (χ4v) is 2.92. The van der Waals surface area contributed by atoms with Crippen LogP contribution >= 0.6 is 11.6 Å². The number of hydrogen-bond acceptors (Lipinski definition) is 4. The third-order valence-electron chi connectivity index (χ3n) is 4.01. The van der Waals surface area contributed by atoms with Crippen LogP contribution in [0.5, 0.6) is 11.5 Å². The molecule has 0 aliphatic carbocycles. The van der Waals surface area contributed by atoms with Gasteiger partial charge in [-0.1, -0.05) is 23.7 Å². The van der Waals surface area contributed by atoms with Gasteiger partial charge in [-0.05, 0) is 68.1 Å². The molecule has 27 heavy (non-hydrogen) atoms. The molecule has 0 fully saturated rings. The van der Waals surface area contributed by atoms with Crippen LogP contribution in [0.3, 0.4) is 0 Å². The number of unbranched alkanes of at least 4 members (excludes halogenated alkanes) is 2. The highest BCUT2D eigenvalue weighted by molar-refractivity contribution is 6.32. The molecule has 0 saturated heterocycles. The molecule has 2 N–H and O–H groups in total. The summed E-state index contributed by atoms with van der Waals surface area (Å²) in [6.07, 6.45) is 2.86. The van der Waals surface area contributed by atoms with E-state index in [9.17, 15) is 4.39 Å². The summed E-state index contributed by atoms with van der Waals surface area (Å²) in [4.78, 5) is 0. The summed E-state index contributed by atoms with van der Waals surface area (Å²) < 4.78 is 24.6. The van der Waals surface area contributed by atoms with Gasteiger partial charge < -0.3 is 19.9 Å². The van der Waals surface area contributed by atoms with Gasteiger partial charge in [0.25, 0.3) is 0 Å². The maximum absolute atomic E-state index is 13.0. The quantitative estimate of drug-likeness (QED) is 0.511. The second-order valence-electron chi connectivity index (χ2n) is 6.21. The number of ether oxygens (including phenoxy) is 2. The van der Waals surface area contributed by atoms with E-state index < -0.39 is 0 Å². The molecule has 0 aliphatic rings. The smallest absolute Gasteiger partial charge is 0.180 e. The monoisotopic (exact) mass is 395 g/mol. The molecule has 0 aromatic heterocycles. The molecule has 4 nitrogen and oxygen atoms in total. The SMILES string of the molecule is CCOc1cc(CNCCCCCO)cc(Cl)c1OCc1ccc(F)cc1. The van der Waals surface area contributed by atoms with Crippen LogP contribution in [0.2, 0.25) is 5.02 Å². The molecular weight excluding hydrogens is 369 g/mol. The van der Waals surface area contributed by atoms with Crippen LogP contribution in [0.15, 0.2) is 36.4 Å². The third-order valence-corrected chi connectivity index (χ3v) is 4.29. The molecule has 2 aromatic carbocycles. The minimum Gasteiger partial charge on any atom is -0.490 e. The first-order valence-electron chi connectivity index (χ1n) is 9.28. The molecule has 0 heterocycles. The van der Waals surface area contributed by atoms with Gasteiger partial charge in [0, 0.05) is 13.2 Å². The van der Waals surface area contributed by atoms with Gasteiger partial charge in [-0.2, -0.15) is 0 Å². The van der Waals surface area contributed by atoms with Crippen molar-refractivity contribution in [3.8, 4) is 11.5 Å². The van der Waals surface area contributed by atoms with Gasteiger partial charge in [0.15, 0.2) is 11.5 Å². The Bertz CT molecular complexity index is 695. The third kappa shape index (κ3) is 7.37. The Labute approximate surface area is 165 Å². The van der Waals surface area contributed by atoms with E-state index in [2.05, 4.69) is 5.32 Å². The first-order valence-corrected chi connectivity index (χ1v) is 9.66. The Morgan fingerprint density at radius 2 is 1.81 bits per heavy atom. The minimum atomic E-state index is -0.278. The van der Waals surface area contributed by atoms with Crippen LogP contribution in [0.1, 0.15) is 37.3 Å². The highest BCUT2D eigenvalue weighted by Crippen LogP contribution is 2.37. The predicted octanol–water partition coefficient (Wildman–Crippen LogP) is 4.71. The van der Waals surface area contributed by atoms with Crippen LogP contribution in [-0.4, -0.2) is 24.9 Å².